The summed E-state index contributed by atoms with van der Waals surface area (Å²) in [6.07, 6.45) is -4.52. The standard InChI is InChI=1S/C12H13BrF3NO3/c1-20-11(19)7-2-3-8(9(13)4-7)5-17-10(6-18)12(14,15)16/h2-4,10,17-18H,5-6H2,1H3/t10-/m1/s1. The molecule has 0 saturated carbocycles. The Labute approximate surface area is 122 Å². The summed E-state index contributed by atoms with van der Waals surface area (Å²) < 4.78 is 42.3. The molecule has 0 aromatic heterocycles. The van der Waals surface area contributed by atoms with Gasteiger partial charge >= 0.3 is 12.1 Å². The van der Waals surface area contributed by atoms with Crippen molar-refractivity contribution in [3.63, 3.8) is 0 Å². The molecule has 1 aromatic carbocycles. The van der Waals surface area contributed by atoms with Gasteiger partial charge in [0.1, 0.15) is 6.04 Å². The van der Waals surface area contributed by atoms with Crippen LogP contribution in [0, 0.1) is 0 Å². The van der Waals surface area contributed by atoms with E-state index < -0.39 is 24.8 Å². The Morgan fingerprint density at radius 2 is 2.15 bits per heavy atom. The van der Waals surface area contributed by atoms with Gasteiger partial charge in [0.15, 0.2) is 0 Å². The van der Waals surface area contributed by atoms with Crippen molar-refractivity contribution in [2.75, 3.05) is 13.7 Å². The second-order valence-corrected chi connectivity index (χ2v) is 4.81. The first kappa shape index (κ1) is 16.9. The molecule has 0 spiro atoms. The Kier molecular flexibility index (Phi) is 5.97. The fourth-order valence-corrected chi connectivity index (χ4v) is 1.97. The molecule has 2 N–H and O–H groups in total. The van der Waals surface area contributed by atoms with Crippen molar-refractivity contribution in [1.82, 2.24) is 5.32 Å². The highest BCUT2D eigenvalue weighted by Gasteiger charge is 2.38. The smallest absolute Gasteiger partial charge is 0.406 e. The normalized spacial score (nSPS) is 13.1. The Hall–Kier alpha value is -1.12. The third-order valence-electron chi connectivity index (χ3n) is 2.59. The average Bonchev–Trinajstić information content (AvgIpc) is 2.38. The predicted octanol–water partition coefficient (Wildman–Crippen LogP) is 2.25. The van der Waals surface area contributed by atoms with E-state index in [0.29, 0.717) is 10.0 Å². The van der Waals surface area contributed by atoms with Gasteiger partial charge in [0.25, 0.3) is 0 Å². The molecular weight excluding hydrogens is 343 g/mol. The highest BCUT2D eigenvalue weighted by molar-refractivity contribution is 9.10. The first-order chi connectivity index (χ1) is 9.29. The minimum Gasteiger partial charge on any atom is -0.465 e. The van der Waals surface area contributed by atoms with E-state index in [9.17, 15) is 18.0 Å². The molecule has 0 amide bonds. The average molecular weight is 356 g/mol. The second kappa shape index (κ2) is 7.05. The van der Waals surface area contributed by atoms with Gasteiger partial charge in [-0.2, -0.15) is 13.2 Å². The Morgan fingerprint density at radius 1 is 1.50 bits per heavy atom. The Balaban J connectivity index is 2.77. The van der Waals surface area contributed by atoms with Crippen LogP contribution in [0.3, 0.4) is 0 Å². The van der Waals surface area contributed by atoms with Crippen LogP contribution in [0.1, 0.15) is 15.9 Å². The van der Waals surface area contributed by atoms with Crippen molar-refractivity contribution in [3.05, 3.63) is 33.8 Å². The lowest BCUT2D eigenvalue weighted by atomic mass is 10.1. The Morgan fingerprint density at radius 3 is 2.60 bits per heavy atom. The van der Waals surface area contributed by atoms with Crippen LogP contribution < -0.4 is 5.32 Å². The molecule has 0 saturated heterocycles. The molecule has 0 aliphatic heterocycles. The topological polar surface area (TPSA) is 58.6 Å². The van der Waals surface area contributed by atoms with E-state index in [-0.39, 0.29) is 12.1 Å². The zero-order valence-corrected chi connectivity index (χ0v) is 12.1. The van der Waals surface area contributed by atoms with Gasteiger partial charge in [0.05, 0.1) is 19.3 Å². The van der Waals surface area contributed by atoms with Gasteiger partial charge in [-0.3, -0.25) is 0 Å². The summed E-state index contributed by atoms with van der Waals surface area (Å²) in [5, 5.41) is 10.9. The van der Waals surface area contributed by atoms with Gasteiger partial charge < -0.3 is 15.2 Å². The first-order valence-electron chi connectivity index (χ1n) is 5.57. The molecule has 0 fully saturated rings. The molecule has 8 heteroatoms. The molecular formula is C12H13BrF3NO3. The van der Waals surface area contributed by atoms with Gasteiger partial charge in [-0.05, 0) is 17.7 Å². The molecule has 112 valence electrons. The van der Waals surface area contributed by atoms with E-state index in [0.717, 1.165) is 0 Å². The van der Waals surface area contributed by atoms with Gasteiger partial charge in [-0.25, -0.2) is 4.79 Å². The van der Waals surface area contributed by atoms with Crippen LogP contribution in [0.15, 0.2) is 22.7 Å². The summed E-state index contributed by atoms with van der Waals surface area (Å²) >= 11 is 3.18. The maximum atomic E-state index is 12.4. The van der Waals surface area contributed by atoms with Gasteiger partial charge in [0.2, 0.25) is 0 Å². The van der Waals surface area contributed by atoms with Crippen LogP contribution in [0.25, 0.3) is 0 Å². The number of halogens is 4. The number of carbonyl (C=O) groups excluding carboxylic acids is 1. The van der Waals surface area contributed by atoms with Crippen molar-refractivity contribution in [2.24, 2.45) is 0 Å². The van der Waals surface area contributed by atoms with Gasteiger partial charge in [-0.15, -0.1) is 0 Å². The molecule has 0 unspecified atom stereocenters. The van der Waals surface area contributed by atoms with Gasteiger partial charge in [-0.1, -0.05) is 22.0 Å². The van der Waals surface area contributed by atoms with E-state index >= 15 is 0 Å². The maximum Gasteiger partial charge on any atom is 0.406 e. The van der Waals surface area contributed by atoms with Gasteiger partial charge in [0, 0.05) is 11.0 Å². The number of methoxy groups -OCH3 is 1. The van der Waals surface area contributed by atoms with Crippen LogP contribution >= 0.6 is 15.9 Å². The minimum atomic E-state index is -4.52. The number of benzene rings is 1. The number of alkyl halides is 3. The monoisotopic (exact) mass is 355 g/mol. The van der Waals surface area contributed by atoms with Crippen LogP contribution in [0.5, 0.6) is 0 Å². The lowest BCUT2D eigenvalue weighted by Gasteiger charge is -2.19. The van der Waals surface area contributed by atoms with Crippen LogP contribution in [-0.2, 0) is 11.3 Å². The molecule has 0 aliphatic carbocycles. The molecule has 0 bridgehead atoms. The number of carbonyl (C=O) groups is 1. The number of ether oxygens (including phenoxy) is 1. The molecule has 20 heavy (non-hydrogen) atoms. The van der Waals surface area contributed by atoms with Crippen LogP contribution in [-0.4, -0.2) is 37.0 Å². The third-order valence-corrected chi connectivity index (χ3v) is 3.33. The van der Waals surface area contributed by atoms with Crippen molar-refractivity contribution < 1.29 is 27.8 Å². The summed E-state index contributed by atoms with van der Waals surface area (Å²) in [6.45, 7) is -1.14. The fourth-order valence-electron chi connectivity index (χ4n) is 1.45. The fraction of sp³-hybridized carbons (Fsp3) is 0.417. The predicted molar refractivity (Wildman–Crippen MR) is 69.3 cm³/mol. The van der Waals surface area contributed by atoms with E-state index in [1.807, 2.05) is 0 Å². The highest BCUT2D eigenvalue weighted by atomic mass is 79.9. The van der Waals surface area contributed by atoms with E-state index in [4.69, 9.17) is 5.11 Å². The number of esters is 1. The van der Waals surface area contributed by atoms with E-state index in [1.165, 1.54) is 25.3 Å². The van der Waals surface area contributed by atoms with E-state index in [1.54, 1.807) is 0 Å². The number of hydrogen-bond donors (Lipinski definition) is 2. The molecule has 4 nitrogen and oxygen atoms in total. The number of hydrogen-bond acceptors (Lipinski definition) is 4. The second-order valence-electron chi connectivity index (χ2n) is 3.96. The molecule has 0 aliphatic rings. The summed E-state index contributed by atoms with van der Waals surface area (Å²) in [5.74, 6) is -0.534. The summed E-state index contributed by atoms with van der Waals surface area (Å²) in [7, 11) is 1.24. The number of aliphatic hydroxyl groups excluding tert-OH is 1. The molecule has 1 rings (SSSR count). The lowest BCUT2D eigenvalue weighted by Crippen LogP contribution is -2.44. The number of nitrogens with one attached hydrogen (secondary N) is 1. The van der Waals surface area contributed by atoms with Crippen LogP contribution in [0.2, 0.25) is 0 Å². The van der Waals surface area contributed by atoms with Crippen LogP contribution in [0.4, 0.5) is 13.2 Å². The molecule has 1 atom stereocenters. The van der Waals surface area contributed by atoms with Crippen molar-refractivity contribution in [2.45, 2.75) is 18.8 Å². The van der Waals surface area contributed by atoms with Crippen molar-refractivity contribution in [1.29, 1.82) is 0 Å². The first-order valence-corrected chi connectivity index (χ1v) is 6.36. The number of rotatable bonds is 5. The van der Waals surface area contributed by atoms with Crippen molar-refractivity contribution in [3.8, 4) is 0 Å². The summed E-state index contributed by atoms with van der Waals surface area (Å²) in [4.78, 5) is 11.3. The lowest BCUT2D eigenvalue weighted by molar-refractivity contribution is -0.164. The zero-order valence-electron chi connectivity index (χ0n) is 10.5. The zero-order chi connectivity index (χ0) is 15.3. The molecule has 1 aromatic rings. The largest absolute Gasteiger partial charge is 0.465 e. The number of aliphatic hydroxyl groups is 1. The minimum absolute atomic E-state index is 0.104. The highest BCUT2D eigenvalue weighted by Crippen LogP contribution is 2.22. The molecule has 0 radical (unpaired) electrons. The molecule has 0 heterocycles. The van der Waals surface area contributed by atoms with Crippen molar-refractivity contribution >= 4 is 21.9 Å². The Bertz CT molecular complexity index is 480. The summed E-state index contributed by atoms with van der Waals surface area (Å²) in [5.41, 5.74) is 0.818. The quantitative estimate of drug-likeness (QED) is 0.795. The van der Waals surface area contributed by atoms with E-state index in [2.05, 4.69) is 26.0 Å². The SMILES string of the molecule is COC(=O)c1ccc(CN[C@H](CO)C(F)(F)F)c(Br)c1. The maximum absolute atomic E-state index is 12.4. The summed E-state index contributed by atoms with van der Waals surface area (Å²) in [6, 6.07) is 2.43. The third kappa shape index (κ3) is 4.46.